The number of halogens is 2. The fraction of sp³-hybridized carbons (Fsp3) is 0.312. The Morgan fingerprint density at radius 2 is 2.19 bits per heavy atom. The van der Waals surface area contributed by atoms with E-state index in [2.05, 4.69) is 34.0 Å². The standard InChI is InChI=1S/C16H16Cl2N2S/c1-2-4-13(15-5-3-8-21-15)20-14-9-11(18)6-7-12(14)19-16(20)10-17/h3,5-9,13H,2,4,10H2,1H3. The lowest BCUT2D eigenvalue weighted by atomic mass is 10.1. The van der Waals surface area contributed by atoms with E-state index in [1.165, 1.54) is 4.88 Å². The van der Waals surface area contributed by atoms with Crippen molar-refractivity contribution in [2.24, 2.45) is 0 Å². The number of alkyl halides is 1. The summed E-state index contributed by atoms with van der Waals surface area (Å²) < 4.78 is 2.25. The first-order valence-corrected chi connectivity index (χ1v) is 8.79. The molecule has 3 rings (SSSR count). The zero-order chi connectivity index (χ0) is 14.8. The zero-order valence-electron chi connectivity index (χ0n) is 11.7. The smallest absolute Gasteiger partial charge is 0.125 e. The van der Waals surface area contributed by atoms with Gasteiger partial charge in [-0.1, -0.05) is 31.0 Å². The zero-order valence-corrected chi connectivity index (χ0v) is 14.0. The molecule has 0 aliphatic rings. The molecule has 0 aliphatic heterocycles. The fourth-order valence-electron chi connectivity index (χ4n) is 2.71. The van der Waals surface area contributed by atoms with Crippen molar-refractivity contribution in [3.8, 4) is 0 Å². The van der Waals surface area contributed by atoms with Crippen molar-refractivity contribution >= 4 is 45.6 Å². The van der Waals surface area contributed by atoms with Crippen molar-refractivity contribution in [2.75, 3.05) is 0 Å². The highest BCUT2D eigenvalue weighted by Gasteiger charge is 2.20. The van der Waals surface area contributed by atoms with Crippen LogP contribution in [-0.4, -0.2) is 9.55 Å². The molecule has 0 bridgehead atoms. The molecule has 21 heavy (non-hydrogen) atoms. The number of hydrogen-bond acceptors (Lipinski definition) is 2. The van der Waals surface area contributed by atoms with Crippen LogP contribution >= 0.6 is 34.5 Å². The van der Waals surface area contributed by atoms with E-state index >= 15 is 0 Å². The summed E-state index contributed by atoms with van der Waals surface area (Å²) in [5.74, 6) is 1.30. The molecular weight excluding hydrogens is 323 g/mol. The van der Waals surface area contributed by atoms with Crippen LogP contribution in [0.4, 0.5) is 0 Å². The van der Waals surface area contributed by atoms with Gasteiger partial charge in [0, 0.05) is 9.90 Å². The molecular formula is C16H16Cl2N2S. The number of aromatic nitrogens is 2. The molecule has 3 aromatic rings. The van der Waals surface area contributed by atoms with Gasteiger partial charge in [-0.15, -0.1) is 22.9 Å². The maximum atomic E-state index is 6.18. The predicted octanol–water partition coefficient (Wildman–Crippen LogP) is 5.88. The van der Waals surface area contributed by atoms with Crippen molar-refractivity contribution < 1.29 is 0 Å². The number of rotatable bonds is 5. The first kappa shape index (κ1) is 14.9. The first-order chi connectivity index (χ1) is 10.2. The van der Waals surface area contributed by atoms with Crippen LogP contribution in [0.5, 0.6) is 0 Å². The lowest BCUT2D eigenvalue weighted by Crippen LogP contribution is -2.12. The van der Waals surface area contributed by atoms with E-state index in [-0.39, 0.29) is 6.04 Å². The summed E-state index contributed by atoms with van der Waals surface area (Å²) in [6.07, 6.45) is 2.16. The Labute approximate surface area is 138 Å². The Kier molecular flexibility index (Phi) is 4.53. The molecule has 0 radical (unpaired) electrons. The van der Waals surface area contributed by atoms with Crippen molar-refractivity contribution in [1.82, 2.24) is 9.55 Å². The van der Waals surface area contributed by atoms with E-state index < -0.39 is 0 Å². The molecule has 2 aromatic heterocycles. The number of imidazole rings is 1. The van der Waals surface area contributed by atoms with Gasteiger partial charge in [0.1, 0.15) is 5.82 Å². The van der Waals surface area contributed by atoms with Gasteiger partial charge in [0.2, 0.25) is 0 Å². The Bertz CT molecular complexity index is 734. The van der Waals surface area contributed by atoms with Gasteiger partial charge in [0.25, 0.3) is 0 Å². The van der Waals surface area contributed by atoms with Crippen molar-refractivity contribution in [3.63, 3.8) is 0 Å². The minimum Gasteiger partial charge on any atom is -0.318 e. The van der Waals surface area contributed by atoms with Crippen LogP contribution in [0.2, 0.25) is 5.02 Å². The van der Waals surface area contributed by atoms with Crippen molar-refractivity contribution in [2.45, 2.75) is 31.7 Å². The number of nitrogens with zero attached hydrogens (tertiary/aromatic N) is 2. The summed E-state index contributed by atoms with van der Waals surface area (Å²) in [4.78, 5) is 6.00. The largest absolute Gasteiger partial charge is 0.318 e. The third-order valence-corrected chi connectivity index (χ3v) is 5.04. The Morgan fingerprint density at radius 1 is 1.33 bits per heavy atom. The van der Waals surface area contributed by atoms with Crippen LogP contribution in [0.3, 0.4) is 0 Å². The normalized spacial score (nSPS) is 12.9. The van der Waals surface area contributed by atoms with E-state index in [1.54, 1.807) is 11.3 Å². The molecule has 0 amide bonds. The molecule has 2 heterocycles. The summed E-state index contributed by atoms with van der Waals surface area (Å²) in [7, 11) is 0. The van der Waals surface area contributed by atoms with Crippen LogP contribution < -0.4 is 0 Å². The maximum absolute atomic E-state index is 6.18. The SMILES string of the molecule is CCCC(c1cccs1)n1c(CCl)nc2ccc(Cl)cc21. The van der Waals surface area contributed by atoms with E-state index in [0.29, 0.717) is 5.88 Å². The molecule has 0 fully saturated rings. The third kappa shape index (κ3) is 2.83. The van der Waals surface area contributed by atoms with Crippen molar-refractivity contribution in [3.05, 3.63) is 51.4 Å². The minimum atomic E-state index is 0.271. The second-order valence-corrected chi connectivity index (χ2v) is 6.67. The summed E-state index contributed by atoms with van der Waals surface area (Å²) in [6.45, 7) is 2.20. The van der Waals surface area contributed by atoms with Gasteiger partial charge in [-0.25, -0.2) is 4.98 Å². The Hall–Kier alpha value is -1.03. The quantitative estimate of drug-likeness (QED) is 0.531. The average molecular weight is 339 g/mol. The number of benzene rings is 1. The molecule has 1 unspecified atom stereocenters. The lowest BCUT2D eigenvalue weighted by Gasteiger charge is -2.20. The third-order valence-electron chi connectivity index (χ3n) is 3.59. The van der Waals surface area contributed by atoms with Gasteiger partial charge in [-0.2, -0.15) is 0 Å². The number of hydrogen-bond donors (Lipinski definition) is 0. The fourth-order valence-corrected chi connectivity index (χ4v) is 3.92. The summed E-state index contributed by atoms with van der Waals surface area (Å²) in [5, 5.41) is 2.84. The summed E-state index contributed by atoms with van der Waals surface area (Å²) >= 11 is 14.1. The van der Waals surface area contributed by atoms with Crippen LogP contribution in [0, 0.1) is 0 Å². The monoisotopic (exact) mass is 338 g/mol. The minimum absolute atomic E-state index is 0.271. The second-order valence-electron chi connectivity index (χ2n) is 4.98. The second kappa shape index (κ2) is 6.39. The highest BCUT2D eigenvalue weighted by atomic mass is 35.5. The molecule has 0 spiro atoms. The maximum Gasteiger partial charge on any atom is 0.125 e. The van der Waals surface area contributed by atoms with Crippen LogP contribution in [0.25, 0.3) is 11.0 Å². The van der Waals surface area contributed by atoms with E-state index in [9.17, 15) is 0 Å². The predicted molar refractivity (Wildman–Crippen MR) is 91.7 cm³/mol. The van der Waals surface area contributed by atoms with Gasteiger partial charge in [0.15, 0.2) is 0 Å². The summed E-state index contributed by atoms with van der Waals surface area (Å²) in [6, 6.07) is 10.4. The topological polar surface area (TPSA) is 17.8 Å². The lowest BCUT2D eigenvalue weighted by molar-refractivity contribution is 0.540. The van der Waals surface area contributed by atoms with Crippen LogP contribution in [0.1, 0.15) is 36.5 Å². The first-order valence-electron chi connectivity index (χ1n) is 7.00. The van der Waals surface area contributed by atoms with E-state index in [4.69, 9.17) is 23.2 Å². The van der Waals surface area contributed by atoms with Crippen LogP contribution in [-0.2, 0) is 5.88 Å². The average Bonchev–Trinajstić information content (AvgIpc) is 3.12. The molecule has 1 aromatic carbocycles. The molecule has 0 aliphatic carbocycles. The van der Waals surface area contributed by atoms with Crippen LogP contribution in [0.15, 0.2) is 35.7 Å². The molecule has 2 nitrogen and oxygen atoms in total. The Balaban J connectivity index is 2.22. The highest BCUT2D eigenvalue weighted by Crippen LogP contribution is 2.33. The Morgan fingerprint density at radius 3 is 2.86 bits per heavy atom. The van der Waals surface area contributed by atoms with Gasteiger partial charge in [-0.05, 0) is 36.1 Å². The molecule has 1 atom stereocenters. The number of thiophene rings is 1. The molecule has 110 valence electrons. The molecule has 0 saturated carbocycles. The van der Waals surface area contributed by atoms with Gasteiger partial charge >= 0.3 is 0 Å². The highest BCUT2D eigenvalue weighted by molar-refractivity contribution is 7.10. The molecule has 0 N–H and O–H groups in total. The number of fused-ring (bicyclic) bond motifs is 1. The molecule has 5 heteroatoms. The summed E-state index contributed by atoms with van der Waals surface area (Å²) in [5.41, 5.74) is 2.01. The van der Waals surface area contributed by atoms with E-state index in [1.807, 2.05) is 18.2 Å². The van der Waals surface area contributed by atoms with Gasteiger partial charge in [-0.3, -0.25) is 0 Å². The van der Waals surface area contributed by atoms with Crippen molar-refractivity contribution in [1.29, 1.82) is 0 Å². The molecule has 0 saturated heterocycles. The van der Waals surface area contributed by atoms with Gasteiger partial charge in [0.05, 0.1) is 23.0 Å². The van der Waals surface area contributed by atoms with E-state index in [0.717, 1.165) is 34.7 Å². The van der Waals surface area contributed by atoms with Gasteiger partial charge < -0.3 is 4.57 Å².